The van der Waals surface area contributed by atoms with Gasteiger partial charge in [0, 0.05) is 5.54 Å². The van der Waals surface area contributed by atoms with E-state index in [0.717, 1.165) is 12.8 Å². The van der Waals surface area contributed by atoms with Crippen molar-refractivity contribution in [2.75, 3.05) is 0 Å². The van der Waals surface area contributed by atoms with E-state index >= 15 is 0 Å². The Morgan fingerprint density at radius 1 is 1.50 bits per heavy atom. The van der Waals surface area contributed by atoms with E-state index in [1.807, 2.05) is 20.8 Å². The molecule has 0 spiro atoms. The van der Waals surface area contributed by atoms with Crippen LogP contribution in [0.1, 0.15) is 40.0 Å². The molecule has 0 amide bonds. The zero-order chi connectivity index (χ0) is 9.41. The van der Waals surface area contributed by atoms with Gasteiger partial charge in [0.15, 0.2) is 0 Å². The van der Waals surface area contributed by atoms with E-state index in [1.54, 1.807) is 0 Å². The first-order chi connectivity index (χ1) is 5.36. The quantitative estimate of drug-likeness (QED) is 0.701. The van der Waals surface area contributed by atoms with Crippen LogP contribution in [0.15, 0.2) is 0 Å². The van der Waals surface area contributed by atoms with Crippen LogP contribution in [0.3, 0.4) is 0 Å². The van der Waals surface area contributed by atoms with Crippen molar-refractivity contribution in [2.45, 2.75) is 50.8 Å². The Morgan fingerprint density at radius 2 is 2.00 bits per heavy atom. The van der Waals surface area contributed by atoms with Gasteiger partial charge in [-0.1, -0.05) is 0 Å². The molecule has 0 aliphatic heterocycles. The average molecular weight is 190 g/mol. The molecule has 1 fully saturated rings. The molecule has 0 aromatic carbocycles. The number of hydrogen-bond acceptors (Lipinski definition) is 2. The Hall–Kier alpha value is -0.0900. The number of nitrogens with one attached hydrogen (secondary N) is 2. The molecule has 0 bridgehead atoms. The lowest BCUT2D eigenvalue weighted by atomic mass is 9.80. The summed E-state index contributed by atoms with van der Waals surface area (Å²) in [4.78, 5) is 0. The Balaban J connectivity index is 2.61. The van der Waals surface area contributed by atoms with Crippen LogP contribution in [0.2, 0.25) is 0 Å². The Labute approximate surface area is 75.0 Å². The zero-order valence-electron chi connectivity index (χ0n) is 8.02. The Kier molecular flexibility index (Phi) is 2.50. The molecular formula is C8H18N2OS. The van der Waals surface area contributed by atoms with Gasteiger partial charge in [-0.05, 0) is 40.0 Å². The predicted octanol–water partition coefficient (Wildman–Crippen LogP) is 1.89. The minimum atomic E-state index is -2.57. The lowest BCUT2D eigenvalue weighted by Crippen LogP contribution is -2.52. The molecule has 0 aromatic heterocycles. The molecule has 1 aliphatic rings. The van der Waals surface area contributed by atoms with Gasteiger partial charge in [0.25, 0.3) is 0 Å². The highest BCUT2D eigenvalue weighted by Crippen LogP contribution is 2.32. The highest BCUT2D eigenvalue weighted by Gasteiger charge is 2.34. The minimum absolute atomic E-state index is 0.0247. The van der Waals surface area contributed by atoms with Crippen molar-refractivity contribution in [1.82, 2.24) is 4.72 Å². The van der Waals surface area contributed by atoms with Crippen LogP contribution in [-0.2, 0) is 9.92 Å². The Morgan fingerprint density at radius 3 is 2.25 bits per heavy atom. The van der Waals surface area contributed by atoms with E-state index in [0.29, 0.717) is 0 Å². The molecule has 0 heterocycles. The van der Waals surface area contributed by atoms with Gasteiger partial charge in [-0.2, -0.15) is 0 Å². The summed E-state index contributed by atoms with van der Waals surface area (Å²) >= 11 is 0. The summed E-state index contributed by atoms with van der Waals surface area (Å²) in [5, 5.41) is -0.102. The smallest absolute Gasteiger partial charge is 0.108 e. The lowest BCUT2D eigenvalue weighted by molar-refractivity contribution is 0.250. The normalized spacial score (nSPS) is 26.3. The molecule has 72 valence electrons. The molecule has 1 rings (SSSR count). The van der Waals surface area contributed by atoms with Crippen molar-refractivity contribution in [3.05, 3.63) is 0 Å². The molecule has 12 heavy (non-hydrogen) atoms. The molecule has 1 saturated carbocycles. The van der Waals surface area contributed by atoms with Crippen molar-refractivity contribution in [2.24, 2.45) is 0 Å². The zero-order valence-corrected chi connectivity index (χ0v) is 8.83. The van der Waals surface area contributed by atoms with E-state index in [4.69, 9.17) is 4.78 Å². The molecule has 0 radical (unpaired) electrons. The summed E-state index contributed by atoms with van der Waals surface area (Å²) in [5.74, 6) is 0. The van der Waals surface area contributed by atoms with E-state index in [1.165, 1.54) is 6.42 Å². The first-order valence-electron chi connectivity index (χ1n) is 4.42. The van der Waals surface area contributed by atoms with Crippen LogP contribution < -0.4 is 4.72 Å². The first-order valence-corrected chi connectivity index (χ1v) is 6.04. The fraction of sp³-hybridized carbons (Fsp3) is 1.00. The fourth-order valence-electron chi connectivity index (χ4n) is 1.29. The minimum Gasteiger partial charge on any atom is -0.240 e. The standard InChI is InChI=1S/C8H18N2OS/c1-7(2)12(9,11)10-8(3)5-4-6-8/h7H,4-6H2,1-3H3,(H2,9,10,11). The van der Waals surface area contributed by atoms with Crippen LogP contribution in [0.25, 0.3) is 0 Å². The summed E-state index contributed by atoms with van der Waals surface area (Å²) in [7, 11) is -2.57. The van der Waals surface area contributed by atoms with Gasteiger partial charge < -0.3 is 0 Å². The maximum atomic E-state index is 11.6. The third-order valence-corrected chi connectivity index (χ3v) is 4.64. The molecule has 1 aliphatic carbocycles. The van der Waals surface area contributed by atoms with Crippen LogP contribution >= 0.6 is 0 Å². The molecule has 0 aromatic rings. The van der Waals surface area contributed by atoms with Crippen molar-refractivity contribution in [3.8, 4) is 0 Å². The van der Waals surface area contributed by atoms with E-state index in [9.17, 15) is 4.21 Å². The molecular weight excluding hydrogens is 172 g/mol. The van der Waals surface area contributed by atoms with E-state index in [-0.39, 0.29) is 10.8 Å². The van der Waals surface area contributed by atoms with E-state index in [2.05, 4.69) is 4.72 Å². The van der Waals surface area contributed by atoms with Gasteiger partial charge in [0.1, 0.15) is 9.92 Å². The molecule has 4 heteroatoms. The SMILES string of the molecule is CC(C)S(=N)(=O)NC1(C)CCC1. The van der Waals surface area contributed by atoms with Gasteiger partial charge in [-0.3, -0.25) is 0 Å². The maximum Gasteiger partial charge on any atom is 0.108 e. The number of hydrogen-bond donors (Lipinski definition) is 2. The average Bonchev–Trinajstić information content (AvgIpc) is 1.83. The molecule has 3 nitrogen and oxygen atoms in total. The second-order valence-corrected chi connectivity index (χ2v) is 6.51. The van der Waals surface area contributed by atoms with Crippen molar-refractivity contribution >= 4 is 9.92 Å². The van der Waals surface area contributed by atoms with Crippen molar-refractivity contribution < 1.29 is 4.21 Å². The van der Waals surface area contributed by atoms with Crippen LogP contribution in [0.4, 0.5) is 0 Å². The highest BCUT2D eigenvalue weighted by atomic mass is 32.2. The van der Waals surface area contributed by atoms with E-state index < -0.39 is 9.92 Å². The lowest BCUT2D eigenvalue weighted by Gasteiger charge is -2.40. The number of rotatable bonds is 3. The van der Waals surface area contributed by atoms with Crippen molar-refractivity contribution in [1.29, 1.82) is 4.78 Å². The summed E-state index contributed by atoms with van der Waals surface area (Å²) < 4.78 is 22.2. The third kappa shape index (κ3) is 1.98. The molecule has 0 saturated heterocycles. The molecule has 1 atom stereocenters. The Bertz CT molecular complexity index is 252. The highest BCUT2D eigenvalue weighted by molar-refractivity contribution is 7.91. The van der Waals surface area contributed by atoms with Gasteiger partial charge in [0.2, 0.25) is 0 Å². The van der Waals surface area contributed by atoms with Crippen LogP contribution in [0, 0.1) is 4.78 Å². The first kappa shape index (κ1) is 9.99. The second-order valence-electron chi connectivity index (χ2n) is 4.17. The molecule has 1 unspecified atom stereocenters. The van der Waals surface area contributed by atoms with Gasteiger partial charge >= 0.3 is 0 Å². The van der Waals surface area contributed by atoms with Gasteiger partial charge in [0.05, 0.1) is 5.25 Å². The summed E-state index contributed by atoms with van der Waals surface area (Å²) in [6.07, 6.45) is 3.29. The summed E-state index contributed by atoms with van der Waals surface area (Å²) in [6, 6.07) is 0. The third-order valence-electron chi connectivity index (χ3n) is 2.52. The summed E-state index contributed by atoms with van der Waals surface area (Å²) in [6.45, 7) is 5.70. The van der Waals surface area contributed by atoms with Crippen LogP contribution in [-0.4, -0.2) is 15.0 Å². The van der Waals surface area contributed by atoms with Crippen LogP contribution in [0.5, 0.6) is 0 Å². The predicted molar refractivity (Wildman–Crippen MR) is 51.4 cm³/mol. The largest absolute Gasteiger partial charge is 0.240 e. The maximum absolute atomic E-state index is 11.6. The monoisotopic (exact) mass is 190 g/mol. The second kappa shape index (κ2) is 3.00. The summed E-state index contributed by atoms with van der Waals surface area (Å²) in [5.41, 5.74) is -0.0247. The van der Waals surface area contributed by atoms with Gasteiger partial charge in [-0.15, -0.1) is 0 Å². The topological polar surface area (TPSA) is 53.0 Å². The fourth-order valence-corrected chi connectivity index (χ4v) is 2.46. The molecule has 2 N–H and O–H groups in total. The van der Waals surface area contributed by atoms with Gasteiger partial charge in [-0.25, -0.2) is 13.7 Å². The van der Waals surface area contributed by atoms with Crippen molar-refractivity contribution in [3.63, 3.8) is 0 Å².